The number of nitrogens with zero attached hydrogens (tertiary/aromatic N) is 2. The number of amides is 1. The third kappa shape index (κ3) is 3.12. The second-order valence-electron chi connectivity index (χ2n) is 7.29. The minimum Gasteiger partial charge on any atom is -0.399 e. The molecule has 0 saturated carbocycles. The molecule has 3 aromatic rings. The first-order valence-electron chi connectivity index (χ1n) is 9.26. The van der Waals surface area contributed by atoms with E-state index < -0.39 is 0 Å². The Kier molecular flexibility index (Phi) is 4.26. The molecule has 0 bridgehead atoms. The number of anilines is 1. The summed E-state index contributed by atoms with van der Waals surface area (Å²) < 4.78 is 7.13. The minimum absolute atomic E-state index is 0.0131. The molecular weight excluding hydrogens is 340 g/mol. The molecule has 0 spiro atoms. The zero-order chi connectivity index (χ0) is 19.1. The van der Waals surface area contributed by atoms with Gasteiger partial charge in [-0.1, -0.05) is 11.2 Å². The molecule has 27 heavy (non-hydrogen) atoms. The second kappa shape index (κ2) is 6.61. The lowest BCUT2D eigenvalue weighted by Crippen LogP contribution is -2.31. The van der Waals surface area contributed by atoms with Crippen LogP contribution in [0.3, 0.4) is 0 Å². The predicted molar refractivity (Wildman–Crippen MR) is 104 cm³/mol. The van der Waals surface area contributed by atoms with Gasteiger partial charge in [-0.25, -0.2) is 0 Å². The third-order valence-electron chi connectivity index (χ3n) is 5.31. The van der Waals surface area contributed by atoms with Crippen LogP contribution in [0.15, 0.2) is 34.9 Å². The van der Waals surface area contributed by atoms with E-state index in [0.29, 0.717) is 11.4 Å². The summed E-state index contributed by atoms with van der Waals surface area (Å²) >= 11 is 0. The van der Waals surface area contributed by atoms with Gasteiger partial charge in [0.25, 0.3) is 5.91 Å². The van der Waals surface area contributed by atoms with Gasteiger partial charge >= 0.3 is 0 Å². The minimum atomic E-state index is -0.0655. The first-order valence-corrected chi connectivity index (χ1v) is 9.26. The van der Waals surface area contributed by atoms with Crippen molar-refractivity contribution in [1.29, 1.82) is 0 Å². The average Bonchev–Trinajstić information content (AvgIpc) is 3.17. The lowest BCUT2D eigenvalue weighted by Gasteiger charge is -2.26. The Labute approximate surface area is 158 Å². The van der Waals surface area contributed by atoms with Crippen LogP contribution in [0.1, 0.15) is 57.5 Å². The molecule has 1 amide bonds. The number of hydrogen-bond acceptors (Lipinski definition) is 4. The number of carbonyl (C=O) groups is 1. The van der Waals surface area contributed by atoms with Gasteiger partial charge in [0, 0.05) is 23.1 Å². The van der Waals surface area contributed by atoms with Crippen molar-refractivity contribution in [1.82, 2.24) is 15.0 Å². The number of rotatable bonds is 3. The van der Waals surface area contributed by atoms with Crippen LogP contribution < -0.4 is 11.1 Å². The van der Waals surface area contributed by atoms with Crippen LogP contribution in [-0.2, 0) is 6.42 Å². The SMILES string of the molecule is Cc1cc(-n2c(C)cc(C(=O)NC3CCCc4cc(N)ccc43)c2C)no1. The van der Waals surface area contributed by atoms with Crippen LogP contribution in [0, 0.1) is 20.8 Å². The maximum atomic E-state index is 13.0. The molecule has 1 aliphatic carbocycles. The molecular formula is C21H24N4O2. The van der Waals surface area contributed by atoms with Gasteiger partial charge in [-0.2, -0.15) is 0 Å². The number of nitrogens with two attached hydrogens (primary N) is 1. The monoisotopic (exact) mass is 364 g/mol. The molecule has 0 radical (unpaired) electrons. The van der Waals surface area contributed by atoms with E-state index in [9.17, 15) is 4.79 Å². The molecule has 2 aromatic heterocycles. The summed E-state index contributed by atoms with van der Waals surface area (Å²) in [5.74, 6) is 1.37. The Morgan fingerprint density at radius 3 is 2.81 bits per heavy atom. The second-order valence-corrected chi connectivity index (χ2v) is 7.29. The summed E-state index contributed by atoms with van der Waals surface area (Å²) in [7, 11) is 0. The Balaban J connectivity index is 1.62. The molecule has 6 heteroatoms. The van der Waals surface area contributed by atoms with Crippen LogP contribution in [0.25, 0.3) is 5.82 Å². The first kappa shape index (κ1) is 17.4. The van der Waals surface area contributed by atoms with Gasteiger partial charge < -0.3 is 15.6 Å². The Bertz CT molecular complexity index is 1020. The van der Waals surface area contributed by atoms with Crippen molar-refractivity contribution in [2.45, 2.75) is 46.1 Å². The highest BCUT2D eigenvalue weighted by Gasteiger charge is 2.25. The molecule has 140 valence electrons. The van der Waals surface area contributed by atoms with Gasteiger partial charge in [-0.3, -0.25) is 9.36 Å². The lowest BCUT2D eigenvalue weighted by molar-refractivity contribution is 0.0932. The number of aryl methyl sites for hydroxylation is 3. The van der Waals surface area contributed by atoms with Crippen LogP contribution in [-0.4, -0.2) is 15.6 Å². The van der Waals surface area contributed by atoms with Crippen molar-refractivity contribution < 1.29 is 9.32 Å². The average molecular weight is 364 g/mol. The molecule has 1 unspecified atom stereocenters. The molecule has 3 N–H and O–H groups in total. The zero-order valence-corrected chi connectivity index (χ0v) is 15.9. The van der Waals surface area contributed by atoms with E-state index in [4.69, 9.17) is 10.3 Å². The Morgan fingerprint density at radius 2 is 2.07 bits per heavy atom. The van der Waals surface area contributed by atoms with Gasteiger partial charge in [0.15, 0.2) is 5.82 Å². The van der Waals surface area contributed by atoms with Crippen LogP contribution in [0.4, 0.5) is 5.69 Å². The molecule has 6 nitrogen and oxygen atoms in total. The summed E-state index contributed by atoms with van der Waals surface area (Å²) in [4.78, 5) is 13.0. The normalized spacial score (nSPS) is 16.2. The molecule has 0 fully saturated rings. The van der Waals surface area contributed by atoms with E-state index in [1.807, 2.05) is 55.7 Å². The summed E-state index contributed by atoms with van der Waals surface area (Å²) in [6.45, 7) is 5.75. The predicted octanol–water partition coefficient (Wildman–Crippen LogP) is 3.78. The number of carbonyl (C=O) groups excluding carboxylic acids is 1. The van der Waals surface area contributed by atoms with Crippen LogP contribution in [0.5, 0.6) is 0 Å². The number of nitrogen functional groups attached to an aromatic ring is 1. The number of aromatic nitrogens is 2. The zero-order valence-electron chi connectivity index (χ0n) is 15.9. The summed E-state index contributed by atoms with van der Waals surface area (Å²) in [6, 6.07) is 9.74. The van der Waals surface area contributed by atoms with E-state index in [-0.39, 0.29) is 11.9 Å². The first-order chi connectivity index (χ1) is 12.9. The number of nitrogens with one attached hydrogen (secondary N) is 1. The standard InChI is InChI=1S/C21H24N4O2/c1-12-9-18(14(3)25(12)20-10-13(2)27-24-20)21(26)23-19-6-4-5-15-11-16(22)7-8-17(15)19/h7-11,19H,4-6,22H2,1-3H3,(H,23,26). The van der Waals surface area contributed by atoms with Crippen molar-refractivity contribution in [2.24, 2.45) is 0 Å². The highest BCUT2D eigenvalue weighted by atomic mass is 16.5. The van der Waals surface area contributed by atoms with E-state index >= 15 is 0 Å². The van der Waals surface area contributed by atoms with Crippen LogP contribution in [0.2, 0.25) is 0 Å². The highest BCUT2D eigenvalue weighted by Crippen LogP contribution is 2.31. The third-order valence-corrected chi connectivity index (χ3v) is 5.31. The number of fused-ring (bicyclic) bond motifs is 1. The van der Waals surface area contributed by atoms with Crippen molar-refractivity contribution in [3.8, 4) is 5.82 Å². The van der Waals surface area contributed by atoms with Crippen molar-refractivity contribution in [3.63, 3.8) is 0 Å². The van der Waals surface area contributed by atoms with Gasteiger partial charge in [0.05, 0.1) is 11.6 Å². The number of hydrogen-bond donors (Lipinski definition) is 2. The maximum absolute atomic E-state index is 13.0. The van der Waals surface area contributed by atoms with Gasteiger partial charge in [0.2, 0.25) is 0 Å². The Morgan fingerprint density at radius 1 is 1.26 bits per heavy atom. The fraction of sp³-hybridized carbons (Fsp3) is 0.333. The molecule has 2 heterocycles. The molecule has 4 rings (SSSR count). The van der Waals surface area contributed by atoms with Crippen LogP contribution >= 0.6 is 0 Å². The van der Waals surface area contributed by atoms with Gasteiger partial charge in [0.1, 0.15) is 5.76 Å². The maximum Gasteiger partial charge on any atom is 0.253 e. The number of benzene rings is 1. The Hall–Kier alpha value is -3.02. The van der Waals surface area contributed by atoms with E-state index in [1.54, 1.807) is 0 Å². The van der Waals surface area contributed by atoms with E-state index in [1.165, 1.54) is 11.1 Å². The molecule has 1 aliphatic rings. The fourth-order valence-corrected chi connectivity index (χ4v) is 4.02. The lowest BCUT2D eigenvalue weighted by atomic mass is 9.87. The van der Waals surface area contributed by atoms with Crippen molar-refractivity contribution in [2.75, 3.05) is 5.73 Å². The largest absolute Gasteiger partial charge is 0.399 e. The summed E-state index contributed by atoms with van der Waals surface area (Å²) in [5.41, 5.74) is 11.5. The van der Waals surface area contributed by atoms with E-state index in [2.05, 4.69) is 10.5 Å². The van der Waals surface area contributed by atoms with Crippen molar-refractivity contribution >= 4 is 11.6 Å². The quantitative estimate of drug-likeness (QED) is 0.693. The van der Waals surface area contributed by atoms with E-state index in [0.717, 1.165) is 42.1 Å². The molecule has 1 atom stereocenters. The molecule has 0 aliphatic heterocycles. The topological polar surface area (TPSA) is 86.1 Å². The summed E-state index contributed by atoms with van der Waals surface area (Å²) in [5, 5.41) is 7.29. The van der Waals surface area contributed by atoms with Crippen molar-refractivity contribution in [3.05, 3.63) is 64.2 Å². The van der Waals surface area contributed by atoms with Gasteiger partial charge in [-0.05, 0) is 69.4 Å². The fourth-order valence-electron chi connectivity index (χ4n) is 4.02. The smallest absolute Gasteiger partial charge is 0.253 e. The molecule has 0 saturated heterocycles. The molecule has 1 aromatic carbocycles. The highest BCUT2D eigenvalue weighted by molar-refractivity contribution is 5.96. The van der Waals surface area contributed by atoms with Gasteiger partial charge in [-0.15, -0.1) is 0 Å². The summed E-state index contributed by atoms with van der Waals surface area (Å²) in [6.07, 6.45) is 2.98.